The van der Waals surface area contributed by atoms with Gasteiger partial charge >= 0.3 is 6.03 Å². The van der Waals surface area contributed by atoms with E-state index in [0.29, 0.717) is 36.7 Å². The summed E-state index contributed by atoms with van der Waals surface area (Å²) in [7, 11) is 1.60. The quantitative estimate of drug-likeness (QED) is 0.426. The van der Waals surface area contributed by atoms with Gasteiger partial charge in [-0.25, -0.2) is 9.69 Å². The Kier molecular flexibility index (Phi) is 7.85. The molecule has 8 heteroatoms. The molecule has 4 amide bonds. The number of carbonyl (C=O) groups is 3. The van der Waals surface area contributed by atoms with E-state index < -0.39 is 18.0 Å². The zero-order chi connectivity index (χ0) is 25.5. The summed E-state index contributed by atoms with van der Waals surface area (Å²) in [6.07, 6.45) is 0.381. The molecule has 4 rings (SSSR count). The highest BCUT2D eigenvalue weighted by molar-refractivity contribution is 6.22. The van der Waals surface area contributed by atoms with Gasteiger partial charge in [0.25, 0.3) is 5.91 Å². The van der Waals surface area contributed by atoms with Gasteiger partial charge in [-0.05, 0) is 67.4 Å². The molecular weight excluding hydrogens is 458 g/mol. The molecule has 3 aromatic rings. The molecule has 8 nitrogen and oxygen atoms in total. The lowest BCUT2D eigenvalue weighted by Crippen LogP contribution is -2.39. The molecule has 0 aromatic heterocycles. The summed E-state index contributed by atoms with van der Waals surface area (Å²) >= 11 is 0. The molecule has 1 fully saturated rings. The van der Waals surface area contributed by atoms with Gasteiger partial charge in [-0.15, -0.1) is 0 Å². The number of hydrogen-bond acceptors (Lipinski definition) is 5. The summed E-state index contributed by atoms with van der Waals surface area (Å²) in [5.41, 5.74) is 2.06. The molecule has 0 saturated carbocycles. The average molecular weight is 488 g/mol. The van der Waals surface area contributed by atoms with E-state index in [1.807, 2.05) is 37.3 Å². The van der Waals surface area contributed by atoms with Crippen molar-refractivity contribution in [3.63, 3.8) is 0 Å². The highest BCUT2D eigenvalue weighted by Crippen LogP contribution is 2.27. The van der Waals surface area contributed by atoms with Gasteiger partial charge in [0, 0.05) is 12.2 Å². The number of nitrogens with zero attached hydrogens (tertiary/aromatic N) is 2. The number of benzene rings is 3. The van der Waals surface area contributed by atoms with E-state index in [1.165, 1.54) is 4.90 Å². The first-order valence-electron chi connectivity index (χ1n) is 11.9. The molecule has 0 spiro atoms. The zero-order valence-corrected chi connectivity index (χ0v) is 20.3. The maximum absolute atomic E-state index is 13.4. The summed E-state index contributed by atoms with van der Waals surface area (Å²) in [5.74, 6) is 0.679. The first-order chi connectivity index (χ1) is 17.5. The Morgan fingerprint density at radius 3 is 2.22 bits per heavy atom. The van der Waals surface area contributed by atoms with Crippen molar-refractivity contribution in [1.82, 2.24) is 4.90 Å². The number of nitrogens with one attached hydrogen (secondary N) is 1. The Morgan fingerprint density at radius 2 is 1.58 bits per heavy atom. The third-order valence-electron chi connectivity index (χ3n) is 5.96. The Hall–Kier alpha value is -4.33. The molecule has 1 aliphatic rings. The van der Waals surface area contributed by atoms with Crippen LogP contribution in [0.5, 0.6) is 11.5 Å². The first-order valence-corrected chi connectivity index (χ1v) is 11.9. The van der Waals surface area contributed by atoms with Gasteiger partial charge < -0.3 is 19.7 Å². The molecule has 0 aliphatic carbocycles. The van der Waals surface area contributed by atoms with Gasteiger partial charge in [-0.1, -0.05) is 30.3 Å². The number of anilines is 2. The number of rotatable bonds is 10. The second kappa shape index (κ2) is 11.4. The molecule has 0 bridgehead atoms. The van der Waals surface area contributed by atoms with Gasteiger partial charge in [0.1, 0.15) is 17.5 Å². The Labute approximate surface area is 210 Å². The van der Waals surface area contributed by atoms with Gasteiger partial charge in [-0.2, -0.15) is 0 Å². The summed E-state index contributed by atoms with van der Waals surface area (Å²) in [6, 6.07) is 22.0. The molecule has 36 heavy (non-hydrogen) atoms. The summed E-state index contributed by atoms with van der Waals surface area (Å²) < 4.78 is 10.6. The van der Waals surface area contributed by atoms with Crippen LogP contribution in [-0.2, 0) is 16.0 Å². The third kappa shape index (κ3) is 5.66. The van der Waals surface area contributed by atoms with Crippen LogP contribution in [0, 0.1) is 0 Å². The topological polar surface area (TPSA) is 88.2 Å². The highest BCUT2D eigenvalue weighted by Gasteiger charge is 2.46. The van der Waals surface area contributed by atoms with Crippen molar-refractivity contribution in [1.29, 1.82) is 0 Å². The van der Waals surface area contributed by atoms with E-state index >= 15 is 0 Å². The third-order valence-corrected chi connectivity index (χ3v) is 5.96. The monoisotopic (exact) mass is 487 g/mol. The van der Waals surface area contributed by atoms with Crippen LogP contribution in [0.3, 0.4) is 0 Å². The van der Waals surface area contributed by atoms with E-state index in [2.05, 4.69) is 5.32 Å². The van der Waals surface area contributed by atoms with E-state index in [0.717, 1.165) is 16.2 Å². The predicted molar refractivity (Wildman–Crippen MR) is 137 cm³/mol. The number of imide groups is 1. The molecule has 1 N–H and O–H groups in total. The number of hydrogen-bond donors (Lipinski definition) is 1. The fraction of sp³-hybridized carbons (Fsp3) is 0.250. The van der Waals surface area contributed by atoms with Gasteiger partial charge in [-0.3, -0.25) is 9.59 Å². The minimum atomic E-state index is -0.904. The normalized spacial score (nSPS) is 15.2. The summed E-state index contributed by atoms with van der Waals surface area (Å²) in [6.45, 7) is 2.74. The van der Waals surface area contributed by atoms with E-state index in [4.69, 9.17) is 9.47 Å². The fourth-order valence-electron chi connectivity index (χ4n) is 4.13. The maximum Gasteiger partial charge on any atom is 0.332 e. The molecule has 0 radical (unpaired) electrons. The largest absolute Gasteiger partial charge is 0.497 e. The van der Waals surface area contributed by atoms with E-state index in [-0.39, 0.29) is 12.3 Å². The number of carbonyl (C=O) groups excluding carboxylic acids is 3. The zero-order valence-electron chi connectivity index (χ0n) is 20.3. The van der Waals surface area contributed by atoms with Crippen LogP contribution in [0.25, 0.3) is 0 Å². The first kappa shape index (κ1) is 24.8. The SMILES string of the molecule is CCOc1ccc(NC(=O)C[C@H]2C(=O)N(c3ccccc3)C(=O)N2CCc2ccc(OC)cc2)cc1. The lowest BCUT2D eigenvalue weighted by atomic mass is 10.1. The van der Waals surface area contributed by atoms with Crippen molar-refractivity contribution in [2.24, 2.45) is 0 Å². The van der Waals surface area contributed by atoms with Crippen molar-refractivity contribution in [2.45, 2.75) is 25.8 Å². The Morgan fingerprint density at radius 1 is 0.917 bits per heavy atom. The van der Waals surface area contributed by atoms with Gasteiger partial charge in [0.05, 0.1) is 25.8 Å². The van der Waals surface area contributed by atoms with Crippen LogP contribution in [0.4, 0.5) is 16.2 Å². The van der Waals surface area contributed by atoms with Gasteiger partial charge in [0.15, 0.2) is 0 Å². The highest BCUT2D eigenvalue weighted by atomic mass is 16.5. The maximum atomic E-state index is 13.4. The lowest BCUT2D eigenvalue weighted by molar-refractivity contribution is -0.124. The van der Waals surface area contributed by atoms with Crippen LogP contribution in [0.1, 0.15) is 18.9 Å². The lowest BCUT2D eigenvalue weighted by Gasteiger charge is -2.21. The second-order valence-corrected chi connectivity index (χ2v) is 8.31. The van der Waals surface area contributed by atoms with E-state index in [1.54, 1.807) is 55.6 Å². The molecule has 1 aliphatic heterocycles. The van der Waals surface area contributed by atoms with E-state index in [9.17, 15) is 14.4 Å². The molecule has 0 unspecified atom stereocenters. The standard InChI is InChI=1S/C28H29N3O5/c1-3-36-24-15-11-21(12-16-24)29-26(32)19-25-27(33)31(22-7-5-4-6-8-22)28(34)30(25)18-17-20-9-13-23(35-2)14-10-20/h4-16,25H,3,17-19H2,1-2H3,(H,29,32)/t25-/m0/s1. The number of ether oxygens (including phenoxy) is 2. The fourth-order valence-corrected chi connectivity index (χ4v) is 4.13. The minimum Gasteiger partial charge on any atom is -0.497 e. The van der Waals surface area contributed by atoms with Crippen molar-refractivity contribution < 1.29 is 23.9 Å². The summed E-state index contributed by atoms with van der Waals surface area (Å²) in [4.78, 5) is 42.3. The Bertz CT molecular complexity index is 1200. The summed E-state index contributed by atoms with van der Waals surface area (Å²) in [5, 5.41) is 2.82. The van der Waals surface area contributed by atoms with Crippen molar-refractivity contribution >= 4 is 29.2 Å². The van der Waals surface area contributed by atoms with Crippen LogP contribution in [-0.4, -0.2) is 49.0 Å². The number of methoxy groups -OCH3 is 1. The number of amides is 4. The molecule has 1 saturated heterocycles. The molecule has 1 atom stereocenters. The average Bonchev–Trinajstić information content (AvgIpc) is 3.13. The van der Waals surface area contributed by atoms with Crippen molar-refractivity contribution in [3.8, 4) is 11.5 Å². The Balaban J connectivity index is 1.50. The van der Waals surface area contributed by atoms with Crippen molar-refractivity contribution in [3.05, 3.63) is 84.4 Å². The number of para-hydroxylation sites is 1. The van der Waals surface area contributed by atoms with Crippen LogP contribution in [0.15, 0.2) is 78.9 Å². The predicted octanol–water partition coefficient (Wildman–Crippen LogP) is 4.50. The second-order valence-electron chi connectivity index (χ2n) is 8.31. The van der Waals surface area contributed by atoms with Crippen LogP contribution in [0.2, 0.25) is 0 Å². The molecule has 186 valence electrons. The molecule has 1 heterocycles. The van der Waals surface area contributed by atoms with Crippen LogP contribution < -0.4 is 19.7 Å². The number of urea groups is 1. The smallest absolute Gasteiger partial charge is 0.332 e. The van der Waals surface area contributed by atoms with Crippen molar-refractivity contribution in [2.75, 3.05) is 30.5 Å². The van der Waals surface area contributed by atoms with Crippen LogP contribution >= 0.6 is 0 Å². The molecule has 3 aromatic carbocycles. The van der Waals surface area contributed by atoms with Gasteiger partial charge in [0.2, 0.25) is 5.91 Å². The molecular formula is C28H29N3O5. The minimum absolute atomic E-state index is 0.149.